The summed E-state index contributed by atoms with van der Waals surface area (Å²) in [4.78, 5) is 16.9. The van der Waals surface area contributed by atoms with Gasteiger partial charge in [0.15, 0.2) is 0 Å². The highest BCUT2D eigenvalue weighted by atomic mass is 16.2. The molecule has 0 aromatic heterocycles. The molecule has 0 radical (unpaired) electrons. The van der Waals surface area contributed by atoms with Gasteiger partial charge in [-0.3, -0.25) is 9.69 Å². The summed E-state index contributed by atoms with van der Waals surface area (Å²) in [5.74, 6) is 0.794. The number of rotatable bonds is 7. The molecule has 2 aromatic carbocycles. The molecule has 1 aliphatic rings. The van der Waals surface area contributed by atoms with Crippen molar-refractivity contribution in [2.75, 3.05) is 13.1 Å². The Labute approximate surface area is 144 Å². The van der Waals surface area contributed by atoms with Gasteiger partial charge >= 0.3 is 0 Å². The van der Waals surface area contributed by atoms with Crippen LogP contribution in [0.2, 0.25) is 0 Å². The Kier molecular flexibility index (Phi) is 5.31. The van der Waals surface area contributed by atoms with Crippen molar-refractivity contribution in [2.45, 2.75) is 33.0 Å². The normalized spacial score (nSPS) is 17.4. The number of carbonyl (C=O) groups excluding carboxylic acids is 1. The molecule has 0 aliphatic carbocycles. The number of carbonyl (C=O) groups is 1. The largest absolute Gasteiger partial charge is 0.339 e. The Bertz CT molecular complexity index is 613. The number of hydrogen-bond acceptors (Lipinski definition) is 2. The molecule has 1 amide bonds. The predicted molar refractivity (Wildman–Crippen MR) is 97.3 cm³/mol. The molecule has 24 heavy (non-hydrogen) atoms. The van der Waals surface area contributed by atoms with Crippen LogP contribution in [0.15, 0.2) is 60.7 Å². The fourth-order valence-corrected chi connectivity index (χ4v) is 3.26. The summed E-state index contributed by atoms with van der Waals surface area (Å²) >= 11 is 0. The number of benzene rings is 2. The molecule has 1 aliphatic heterocycles. The lowest BCUT2D eigenvalue weighted by Gasteiger charge is -2.45. The van der Waals surface area contributed by atoms with Gasteiger partial charge in [0, 0.05) is 26.2 Å². The van der Waals surface area contributed by atoms with Crippen LogP contribution in [0.5, 0.6) is 0 Å². The van der Waals surface area contributed by atoms with E-state index in [9.17, 15) is 4.79 Å². The van der Waals surface area contributed by atoms with Crippen LogP contribution in [0, 0.1) is 5.92 Å². The van der Waals surface area contributed by atoms with Crippen molar-refractivity contribution in [3.8, 4) is 0 Å². The van der Waals surface area contributed by atoms with Gasteiger partial charge in [-0.1, -0.05) is 74.5 Å². The summed E-state index contributed by atoms with van der Waals surface area (Å²) in [5.41, 5.74) is 2.51. The highest BCUT2D eigenvalue weighted by molar-refractivity contribution is 5.88. The monoisotopic (exact) mass is 322 g/mol. The first-order chi connectivity index (χ1) is 11.6. The maximum Gasteiger partial charge on any atom is 0.241 e. The molecule has 0 bridgehead atoms. The van der Waals surface area contributed by atoms with Gasteiger partial charge in [0.2, 0.25) is 5.91 Å². The van der Waals surface area contributed by atoms with E-state index >= 15 is 0 Å². The zero-order chi connectivity index (χ0) is 16.9. The number of β-lactam (4-membered cyclic amide) rings is 1. The Morgan fingerprint density at radius 2 is 1.46 bits per heavy atom. The Hall–Kier alpha value is -2.13. The van der Waals surface area contributed by atoms with Crippen LogP contribution in [0.3, 0.4) is 0 Å². The van der Waals surface area contributed by atoms with E-state index in [1.54, 1.807) is 0 Å². The maximum absolute atomic E-state index is 12.6. The third-order valence-electron chi connectivity index (χ3n) is 4.47. The van der Waals surface area contributed by atoms with Crippen molar-refractivity contribution in [1.82, 2.24) is 9.80 Å². The van der Waals surface area contributed by atoms with Crippen molar-refractivity contribution in [3.05, 3.63) is 71.8 Å². The van der Waals surface area contributed by atoms with Crippen LogP contribution < -0.4 is 0 Å². The molecular formula is C21H26N2O. The van der Waals surface area contributed by atoms with Gasteiger partial charge in [-0.05, 0) is 17.0 Å². The lowest BCUT2D eigenvalue weighted by molar-refractivity contribution is -0.152. The molecule has 2 aromatic rings. The van der Waals surface area contributed by atoms with Crippen molar-refractivity contribution in [2.24, 2.45) is 5.92 Å². The third-order valence-corrected chi connectivity index (χ3v) is 4.47. The average Bonchev–Trinajstić information content (AvgIpc) is 2.59. The van der Waals surface area contributed by atoms with E-state index in [0.717, 1.165) is 26.2 Å². The molecule has 3 nitrogen and oxygen atoms in total. The van der Waals surface area contributed by atoms with Crippen LogP contribution in [-0.4, -0.2) is 34.8 Å². The topological polar surface area (TPSA) is 23.6 Å². The van der Waals surface area contributed by atoms with E-state index in [2.05, 4.69) is 67.3 Å². The van der Waals surface area contributed by atoms with E-state index < -0.39 is 0 Å². The zero-order valence-corrected chi connectivity index (χ0v) is 14.6. The molecule has 3 heteroatoms. The molecule has 3 rings (SSSR count). The van der Waals surface area contributed by atoms with Crippen LogP contribution >= 0.6 is 0 Å². The Morgan fingerprint density at radius 1 is 0.958 bits per heavy atom. The van der Waals surface area contributed by atoms with Gasteiger partial charge in [-0.15, -0.1) is 0 Å². The van der Waals surface area contributed by atoms with E-state index in [4.69, 9.17) is 0 Å². The van der Waals surface area contributed by atoms with Gasteiger partial charge in [0.25, 0.3) is 0 Å². The van der Waals surface area contributed by atoms with Crippen molar-refractivity contribution >= 4 is 5.91 Å². The molecule has 1 heterocycles. The quantitative estimate of drug-likeness (QED) is 0.728. The molecule has 0 saturated carbocycles. The summed E-state index contributed by atoms with van der Waals surface area (Å²) in [6, 6.07) is 20.8. The van der Waals surface area contributed by atoms with Crippen LogP contribution in [0.25, 0.3) is 0 Å². The molecular weight excluding hydrogens is 296 g/mol. The lowest BCUT2D eigenvalue weighted by atomic mass is 10.0. The van der Waals surface area contributed by atoms with Gasteiger partial charge in [-0.2, -0.15) is 0 Å². The lowest BCUT2D eigenvalue weighted by Crippen LogP contribution is -2.63. The SMILES string of the molecule is CC(C)CN1CC(N(Cc2ccccc2)Cc2ccccc2)C1=O. The summed E-state index contributed by atoms with van der Waals surface area (Å²) in [6.45, 7) is 7.64. The number of amides is 1. The standard InChI is InChI=1S/C21H26N2O/c1-17(2)13-23-16-20(21(23)24)22(14-18-9-5-3-6-10-18)15-19-11-7-4-8-12-19/h3-12,17,20H,13-16H2,1-2H3. The summed E-state index contributed by atoms with van der Waals surface area (Å²) in [6.07, 6.45) is 0. The van der Waals surface area contributed by atoms with Crippen LogP contribution in [-0.2, 0) is 17.9 Å². The van der Waals surface area contributed by atoms with E-state index in [1.807, 2.05) is 17.0 Å². The second-order valence-electron chi connectivity index (χ2n) is 7.03. The third kappa shape index (κ3) is 4.04. The van der Waals surface area contributed by atoms with Crippen LogP contribution in [0.1, 0.15) is 25.0 Å². The van der Waals surface area contributed by atoms with E-state index in [-0.39, 0.29) is 11.9 Å². The molecule has 1 saturated heterocycles. The fourth-order valence-electron chi connectivity index (χ4n) is 3.26. The first-order valence-corrected chi connectivity index (χ1v) is 8.74. The van der Waals surface area contributed by atoms with Crippen LogP contribution in [0.4, 0.5) is 0 Å². The van der Waals surface area contributed by atoms with E-state index in [1.165, 1.54) is 11.1 Å². The highest BCUT2D eigenvalue weighted by Crippen LogP contribution is 2.22. The number of hydrogen-bond donors (Lipinski definition) is 0. The smallest absolute Gasteiger partial charge is 0.241 e. The summed E-state index contributed by atoms with van der Waals surface area (Å²) in [5, 5.41) is 0. The zero-order valence-electron chi connectivity index (χ0n) is 14.6. The van der Waals surface area contributed by atoms with Gasteiger partial charge in [-0.25, -0.2) is 0 Å². The average molecular weight is 322 g/mol. The first-order valence-electron chi connectivity index (χ1n) is 8.74. The molecule has 1 atom stereocenters. The van der Waals surface area contributed by atoms with Gasteiger partial charge in [0.1, 0.15) is 6.04 Å². The van der Waals surface area contributed by atoms with Gasteiger partial charge < -0.3 is 4.90 Å². The highest BCUT2D eigenvalue weighted by Gasteiger charge is 2.40. The Morgan fingerprint density at radius 3 is 1.88 bits per heavy atom. The second-order valence-corrected chi connectivity index (χ2v) is 7.03. The van der Waals surface area contributed by atoms with Crippen molar-refractivity contribution in [1.29, 1.82) is 0 Å². The van der Waals surface area contributed by atoms with E-state index in [0.29, 0.717) is 5.92 Å². The number of likely N-dealkylation sites (tertiary alicyclic amines) is 1. The number of nitrogens with zero attached hydrogens (tertiary/aromatic N) is 2. The fraction of sp³-hybridized carbons (Fsp3) is 0.381. The second kappa shape index (κ2) is 7.63. The minimum atomic E-state index is 0.00385. The molecule has 0 spiro atoms. The van der Waals surface area contributed by atoms with Crippen molar-refractivity contribution < 1.29 is 4.79 Å². The molecule has 1 fully saturated rings. The summed E-state index contributed by atoms with van der Waals surface area (Å²) in [7, 11) is 0. The first kappa shape index (κ1) is 16.7. The molecule has 1 unspecified atom stereocenters. The molecule has 0 N–H and O–H groups in total. The maximum atomic E-state index is 12.6. The predicted octanol–water partition coefficient (Wildman–Crippen LogP) is 3.56. The van der Waals surface area contributed by atoms with Gasteiger partial charge in [0.05, 0.1) is 0 Å². The molecule has 126 valence electrons. The minimum Gasteiger partial charge on any atom is -0.339 e. The minimum absolute atomic E-state index is 0.00385. The summed E-state index contributed by atoms with van der Waals surface area (Å²) < 4.78 is 0. The Balaban J connectivity index is 1.72. The van der Waals surface area contributed by atoms with Crippen molar-refractivity contribution in [3.63, 3.8) is 0 Å².